The molecule has 0 aromatic heterocycles. The highest BCUT2D eigenvalue weighted by Gasteiger charge is 2.61. The fourth-order valence-electron chi connectivity index (χ4n) is 7.09. The molecule has 4 aliphatic rings. The minimum Gasteiger partial charge on any atom is -0.458 e. The van der Waals surface area contributed by atoms with Gasteiger partial charge < -0.3 is 10.1 Å². The van der Waals surface area contributed by atoms with Crippen LogP contribution in [0.4, 0.5) is 0 Å². The topological polar surface area (TPSA) is 55.4 Å². The Bertz CT molecular complexity index is 678. The van der Waals surface area contributed by atoms with Crippen LogP contribution in [-0.4, -0.2) is 23.5 Å². The van der Waals surface area contributed by atoms with E-state index in [1.807, 2.05) is 0 Å². The lowest BCUT2D eigenvalue weighted by atomic mass is 9.48. The van der Waals surface area contributed by atoms with Crippen LogP contribution >= 0.6 is 0 Å². The number of carbonyl (C=O) groups is 2. The van der Waals surface area contributed by atoms with Crippen molar-refractivity contribution in [3.05, 3.63) is 12.2 Å². The number of ether oxygens (including phenoxy) is 1. The van der Waals surface area contributed by atoms with E-state index in [1.54, 1.807) is 6.08 Å². The second-order valence-corrected chi connectivity index (χ2v) is 11.0. The van der Waals surface area contributed by atoms with Crippen molar-refractivity contribution in [1.82, 2.24) is 5.32 Å². The summed E-state index contributed by atoms with van der Waals surface area (Å²) in [6.07, 6.45) is 10.3. The van der Waals surface area contributed by atoms with E-state index in [4.69, 9.17) is 4.74 Å². The molecule has 1 aliphatic heterocycles. The molecule has 0 bridgehead atoms. The van der Waals surface area contributed by atoms with Gasteiger partial charge in [-0.15, -0.1) is 0 Å². The van der Waals surface area contributed by atoms with Crippen LogP contribution in [0.1, 0.15) is 73.1 Å². The molecule has 7 atom stereocenters. The third-order valence-corrected chi connectivity index (χ3v) is 8.34. The average Bonchev–Trinajstić information content (AvgIpc) is 2.91. The molecule has 3 aliphatic carbocycles. The van der Waals surface area contributed by atoms with Gasteiger partial charge >= 0.3 is 5.97 Å². The quantitative estimate of drug-likeness (QED) is 0.700. The third kappa shape index (κ3) is 2.94. The van der Waals surface area contributed by atoms with E-state index in [9.17, 15) is 9.59 Å². The highest BCUT2D eigenvalue weighted by Crippen LogP contribution is 2.65. The second kappa shape index (κ2) is 6.09. The first-order chi connectivity index (χ1) is 12.5. The van der Waals surface area contributed by atoms with E-state index in [2.05, 4.69) is 46.0 Å². The summed E-state index contributed by atoms with van der Waals surface area (Å²) in [4.78, 5) is 24.8. The molecule has 4 heteroatoms. The van der Waals surface area contributed by atoms with Gasteiger partial charge in [-0.3, -0.25) is 4.79 Å². The van der Waals surface area contributed by atoms with Gasteiger partial charge in [-0.05, 0) is 82.5 Å². The van der Waals surface area contributed by atoms with E-state index in [-0.39, 0.29) is 40.3 Å². The summed E-state index contributed by atoms with van der Waals surface area (Å²) >= 11 is 0. The van der Waals surface area contributed by atoms with E-state index < -0.39 is 0 Å². The van der Waals surface area contributed by atoms with Crippen molar-refractivity contribution >= 4 is 11.9 Å². The minimum atomic E-state index is -0.184. The molecule has 150 valence electrons. The summed E-state index contributed by atoms with van der Waals surface area (Å²) in [6, 6.07) is 0. The molecular weight excluding hydrogens is 338 g/mol. The normalized spacial score (nSPS) is 46.1. The van der Waals surface area contributed by atoms with Gasteiger partial charge in [0.1, 0.15) is 6.10 Å². The predicted molar refractivity (Wildman–Crippen MR) is 105 cm³/mol. The standard InChI is InChI=1S/C23H35NO3/c1-21(2,3)24-20(26)17-8-7-15-14-6-9-18-23(5,13-11-19(25)27-18)16(14)10-12-22(15,17)4/h11,13-18H,6-10,12H2,1-5H3,(H,24,26)/t14-,15-,16+,17?,18?,22-,23+/m0/s1. The van der Waals surface area contributed by atoms with Crippen LogP contribution in [-0.2, 0) is 14.3 Å². The van der Waals surface area contributed by atoms with Gasteiger partial charge in [-0.1, -0.05) is 19.9 Å². The maximum Gasteiger partial charge on any atom is 0.330 e. The average molecular weight is 374 g/mol. The number of amides is 1. The number of rotatable bonds is 1. The first-order valence-electron chi connectivity index (χ1n) is 10.8. The zero-order valence-electron chi connectivity index (χ0n) is 17.5. The lowest BCUT2D eigenvalue weighted by molar-refractivity contribution is -0.168. The van der Waals surface area contributed by atoms with Gasteiger partial charge in [0, 0.05) is 22.9 Å². The summed E-state index contributed by atoms with van der Waals surface area (Å²) in [5.41, 5.74) is -0.107. The summed E-state index contributed by atoms with van der Waals surface area (Å²) in [5, 5.41) is 3.24. The SMILES string of the molecule is CC(C)(C)NC(=O)C1CC[C@H]2[C@@H]3CCC4OC(=O)C=C[C@]4(C)[C@@H]3CC[C@]12C. The molecule has 4 rings (SSSR count). The molecule has 1 heterocycles. The molecule has 4 nitrogen and oxygen atoms in total. The Morgan fingerprint density at radius 3 is 2.56 bits per heavy atom. The fourth-order valence-corrected chi connectivity index (χ4v) is 7.09. The first-order valence-corrected chi connectivity index (χ1v) is 10.8. The molecule has 3 fully saturated rings. The molecule has 0 radical (unpaired) electrons. The highest BCUT2D eigenvalue weighted by molar-refractivity contribution is 5.83. The molecular formula is C23H35NO3. The Balaban J connectivity index is 1.58. The van der Waals surface area contributed by atoms with E-state index >= 15 is 0 Å². The van der Waals surface area contributed by atoms with Gasteiger partial charge in [0.15, 0.2) is 0 Å². The van der Waals surface area contributed by atoms with Gasteiger partial charge in [-0.2, -0.15) is 0 Å². The van der Waals surface area contributed by atoms with Crippen LogP contribution < -0.4 is 5.32 Å². The van der Waals surface area contributed by atoms with Crippen LogP contribution in [0.3, 0.4) is 0 Å². The maximum absolute atomic E-state index is 13.0. The molecule has 2 unspecified atom stereocenters. The summed E-state index contributed by atoms with van der Waals surface area (Å²) < 4.78 is 5.70. The molecule has 27 heavy (non-hydrogen) atoms. The van der Waals surface area contributed by atoms with Crippen LogP contribution in [0.5, 0.6) is 0 Å². The lowest BCUT2D eigenvalue weighted by Crippen LogP contribution is -2.56. The minimum absolute atomic E-state index is 0.0296. The summed E-state index contributed by atoms with van der Waals surface area (Å²) in [6.45, 7) is 10.9. The second-order valence-electron chi connectivity index (χ2n) is 11.0. The van der Waals surface area contributed by atoms with Crippen LogP contribution in [0.2, 0.25) is 0 Å². The number of carbonyl (C=O) groups excluding carboxylic acids is 2. The molecule has 0 aromatic carbocycles. The molecule has 1 N–H and O–H groups in total. The van der Waals surface area contributed by atoms with Crippen molar-refractivity contribution in [3.63, 3.8) is 0 Å². The predicted octanol–water partition coefficient (Wildman–Crippen LogP) is 4.24. The number of esters is 1. The zero-order chi connectivity index (χ0) is 19.6. The Morgan fingerprint density at radius 1 is 1.11 bits per heavy atom. The number of hydrogen-bond donors (Lipinski definition) is 1. The molecule has 0 aromatic rings. The highest BCUT2D eigenvalue weighted by atomic mass is 16.5. The Hall–Kier alpha value is -1.32. The first kappa shape index (κ1) is 19.0. The van der Waals surface area contributed by atoms with Crippen molar-refractivity contribution in [2.75, 3.05) is 0 Å². The fraction of sp³-hybridized carbons (Fsp3) is 0.826. The molecule has 0 saturated heterocycles. The Labute approximate surface area is 163 Å². The van der Waals surface area contributed by atoms with Gasteiger partial charge in [0.2, 0.25) is 5.91 Å². The lowest BCUT2D eigenvalue weighted by Gasteiger charge is -2.58. The van der Waals surface area contributed by atoms with Gasteiger partial charge in [0.05, 0.1) is 0 Å². The van der Waals surface area contributed by atoms with Crippen molar-refractivity contribution in [2.45, 2.75) is 84.8 Å². The Kier molecular flexibility index (Phi) is 4.29. The Morgan fingerprint density at radius 2 is 1.85 bits per heavy atom. The van der Waals surface area contributed by atoms with Crippen molar-refractivity contribution in [1.29, 1.82) is 0 Å². The van der Waals surface area contributed by atoms with Gasteiger partial charge in [0.25, 0.3) is 0 Å². The summed E-state index contributed by atoms with van der Waals surface area (Å²) in [7, 11) is 0. The van der Waals surface area contributed by atoms with Crippen molar-refractivity contribution < 1.29 is 14.3 Å². The van der Waals surface area contributed by atoms with E-state index in [1.165, 1.54) is 0 Å². The number of hydrogen-bond acceptors (Lipinski definition) is 3. The van der Waals surface area contributed by atoms with Crippen LogP contribution in [0.15, 0.2) is 12.2 Å². The molecule has 3 saturated carbocycles. The van der Waals surface area contributed by atoms with Crippen molar-refractivity contribution in [2.24, 2.45) is 34.5 Å². The van der Waals surface area contributed by atoms with Gasteiger partial charge in [-0.25, -0.2) is 4.79 Å². The van der Waals surface area contributed by atoms with Crippen molar-refractivity contribution in [3.8, 4) is 0 Å². The maximum atomic E-state index is 13.0. The van der Waals surface area contributed by atoms with Crippen LogP contribution in [0.25, 0.3) is 0 Å². The third-order valence-electron chi connectivity index (χ3n) is 8.34. The van der Waals surface area contributed by atoms with E-state index in [0.29, 0.717) is 17.8 Å². The zero-order valence-corrected chi connectivity index (χ0v) is 17.5. The largest absolute Gasteiger partial charge is 0.458 e. The molecule has 1 amide bonds. The monoisotopic (exact) mass is 373 g/mol. The van der Waals surface area contributed by atoms with Crippen LogP contribution in [0, 0.1) is 34.5 Å². The number of fused-ring (bicyclic) bond motifs is 5. The smallest absolute Gasteiger partial charge is 0.330 e. The number of nitrogens with one attached hydrogen (secondary N) is 1. The molecule has 0 spiro atoms. The van der Waals surface area contributed by atoms with E-state index in [0.717, 1.165) is 38.5 Å². The summed E-state index contributed by atoms with van der Waals surface area (Å²) in [5.74, 6) is 2.00.